The van der Waals surface area contributed by atoms with Crippen molar-refractivity contribution < 1.29 is 5.11 Å². The summed E-state index contributed by atoms with van der Waals surface area (Å²) < 4.78 is 1.70. The van der Waals surface area contributed by atoms with Crippen molar-refractivity contribution in [3.05, 3.63) is 69.6 Å². The highest BCUT2D eigenvalue weighted by Crippen LogP contribution is 2.43. The van der Waals surface area contributed by atoms with Gasteiger partial charge in [0.1, 0.15) is 0 Å². The topological polar surface area (TPSA) is 42.2 Å². The van der Waals surface area contributed by atoms with Gasteiger partial charge < -0.3 is 9.67 Å². The predicted molar refractivity (Wildman–Crippen MR) is 78.8 cm³/mol. The van der Waals surface area contributed by atoms with Gasteiger partial charge in [0.2, 0.25) is 0 Å². The van der Waals surface area contributed by atoms with Gasteiger partial charge in [-0.3, -0.25) is 4.79 Å². The van der Waals surface area contributed by atoms with Gasteiger partial charge in [0.25, 0.3) is 5.56 Å². The SMILES string of the molecule is Cc1ccc(C(C)n2cccc(C3(O)CC3)c2=O)cc1. The molecule has 20 heavy (non-hydrogen) atoms. The highest BCUT2D eigenvalue weighted by Gasteiger charge is 2.44. The van der Waals surface area contributed by atoms with E-state index in [1.165, 1.54) is 5.56 Å². The second-order valence-corrected chi connectivity index (χ2v) is 5.75. The Hall–Kier alpha value is -1.87. The van der Waals surface area contributed by atoms with E-state index in [1.807, 2.05) is 32.0 Å². The van der Waals surface area contributed by atoms with Crippen LogP contribution in [0.2, 0.25) is 0 Å². The molecule has 3 rings (SSSR count). The van der Waals surface area contributed by atoms with E-state index in [-0.39, 0.29) is 11.6 Å². The number of aliphatic hydroxyl groups is 1. The third kappa shape index (κ3) is 2.18. The van der Waals surface area contributed by atoms with E-state index in [0.29, 0.717) is 18.4 Å². The van der Waals surface area contributed by atoms with Gasteiger partial charge in [0, 0.05) is 11.8 Å². The van der Waals surface area contributed by atoms with Crippen LogP contribution < -0.4 is 5.56 Å². The van der Waals surface area contributed by atoms with Crippen LogP contribution in [-0.2, 0) is 5.60 Å². The standard InChI is InChI=1S/C17H19NO2/c1-12-5-7-14(8-6-12)13(2)18-11-3-4-15(16(18)19)17(20)9-10-17/h3-8,11,13,20H,9-10H2,1-2H3. The molecule has 104 valence electrons. The average Bonchev–Trinajstić information content (AvgIpc) is 3.18. The Bertz CT molecular complexity index is 681. The van der Waals surface area contributed by atoms with Gasteiger partial charge in [-0.1, -0.05) is 29.8 Å². The Morgan fingerprint density at radius 1 is 1.20 bits per heavy atom. The van der Waals surface area contributed by atoms with Gasteiger partial charge in [-0.15, -0.1) is 0 Å². The summed E-state index contributed by atoms with van der Waals surface area (Å²) in [4.78, 5) is 12.5. The third-order valence-corrected chi connectivity index (χ3v) is 4.18. The minimum Gasteiger partial charge on any atom is -0.385 e. The minimum absolute atomic E-state index is 0.0367. The van der Waals surface area contributed by atoms with E-state index >= 15 is 0 Å². The molecule has 1 N–H and O–H groups in total. The maximum absolute atomic E-state index is 12.5. The first kappa shape index (κ1) is 13.1. The van der Waals surface area contributed by atoms with Crippen molar-refractivity contribution in [3.8, 4) is 0 Å². The van der Waals surface area contributed by atoms with Crippen LogP contribution >= 0.6 is 0 Å². The highest BCUT2D eigenvalue weighted by molar-refractivity contribution is 5.28. The fraction of sp³-hybridized carbons (Fsp3) is 0.353. The lowest BCUT2D eigenvalue weighted by Gasteiger charge is -2.18. The molecule has 1 aliphatic carbocycles. The summed E-state index contributed by atoms with van der Waals surface area (Å²) in [6.45, 7) is 4.05. The van der Waals surface area contributed by atoms with Gasteiger partial charge >= 0.3 is 0 Å². The largest absolute Gasteiger partial charge is 0.385 e. The van der Waals surface area contributed by atoms with Gasteiger partial charge in [-0.25, -0.2) is 0 Å². The molecule has 1 saturated carbocycles. The molecular weight excluding hydrogens is 250 g/mol. The fourth-order valence-electron chi connectivity index (χ4n) is 2.56. The van der Waals surface area contributed by atoms with Crippen LogP contribution in [0.1, 0.15) is 42.5 Å². The highest BCUT2D eigenvalue weighted by atomic mass is 16.3. The van der Waals surface area contributed by atoms with E-state index in [4.69, 9.17) is 0 Å². The third-order valence-electron chi connectivity index (χ3n) is 4.18. The van der Waals surface area contributed by atoms with Crippen molar-refractivity contribution in [1.29, 1.82) is 0 Å². The Kier molecular flexibility index (Phi) is 3.02. The van der Waals surface area contributed by atoms with Crippen molar-refractivity contribution in [3.63, 3.8) is 0 Å². The number of pyridine rings is 1. The van der Waals surface area contributed by atoms with Crippen LogP contribution in [0.5, 0.6) is 0 Å². The molecule has 3 nitrogen and oxygen atoms in total. The molecule has 0 aliphatic heterocycles. The zero-order valence-corrected chi connectivity index (χ0v) is 11.8. The molecule has 1 unspecified atom stereocenters. The number of aryl methyl sites for hydroxylation is 1. The maximum atomic E-state index is 12.5. The summed E-state index contributed by atoms with van der Waals surface area (Å²) >= 11 is 0. The number of rotatable bonds is 3. The molecule has 1 atom stereocenters. The molecule has 0 radical (unpaired) electrons. The Morgan fingerprint density at radius 2 is 1.85 bits per heavy atom. The first-order valence-electron chi connectivity index (χ1n) is 7.02. The van der Waals surface area contributed by atoms with Crippen LogP contribution in [-0.4, -0.2) is 9.67 Å². The Labute approximate surface area is 118 Å². The Morgan fingerprint density at radius 3 is 2.45 bits per heavy atom. The first-order valence-corrected chi connectivity index (χ1v) is 7.02. The van der Waals surface area contributed by atoms with Crippen molar-refractivity contribution >= 4 is 0 Å². The molecule has 3 heteroatoms. The zero-order valence-electron chi connectivity index (χ0n) is 11.8. The van der Waals surface area contributed by atoms with Crippen molar-refractivity contribution in [2.24, 2.45) is 0 Å². The van der Waals surface area contributed by atoms with Crippen LogP contribution in [0, 0.1) is 6.92 Å². The molecule has 0 bridgehead atoms. The summed E-state index contributed by atoms with van der Waals surface area (Å²) in [6.07, 6.45) is 3.17. The maximum Gasteiger partial charge on any atom is 0.257 e. The molecule has 0 spiro atoms. The zero-order chi connectivity index (χ0) is 14.3. The number of benzene rings is 1. The van der Waals surface area contributed by atoms with E-state index in [1.54, 1.807) is 16.8 Å². The Balaban J connectivity index is 2.02. The minimum atomic E-state index is -0.882. The summed E-state index contributed by atoms with van der Waals surface area (Å²) in [6, 6.07) is 11.7. The van der Waals surface area contributed by atoms with E-state index in [0.717, 1.165) is 5.56 Å². The summed E-state index contributed by atoms with van der Waals surface area (Å²) in [7, 11) is 0. The lowest BCUT2D eigenvalue weighted by molar-refractivity contribution is 0.149. The monoisotopic (exact) mass is 269 g/mol. The molecule has 0 saturated heterocycles. The van der Waals surface area contributed by atoms with E-state index in [2.05, 4.69) is 12.1 Å². The molecular formula is C17H19NO2. The van der Waals surface area contributed by atoms with Gasteiger partial charge in [0.15, 0.2) is 0 Å². The van der Waals surface area contributed by atoms with Crippen LogP contribution in [0.25, 0.3) is 0 Å². The van der Waals surface area contributed by atoms with Gasteiger partial charge in [-0.05, 0) is 44.4 Å². The summed E-state index contributed by atoms with van der Waals surface area (Å²) in [5.41, 5.74) is 1.86. The second kappa shape index (κ2) is 4.60. The summed E-state index contributed by atoms with van der Waals surface area (Å²) in [5, 5.41) is 10.2. The molecule has 1 aromatic carbocycles. The second-order valence-electron chi connectivity index (χ2n) is 5.75. The average molecular weight is 269 g/mol. The first-order chi connectivity index (χ1) is 9.51. The van der Waals surface area contributed by atoms with Crippen molar-refractivity contribution in [1.82, 2.24) is 4.57 Å². The molecule has 0 amide bonds. The van der Waals surface area contributed by atoms with Crippen LogP contribution in [0.4, 0.5) is 0 Å². The normalized spacial score (nSPS) is 17.8. The molecule has 1 fully saturated rings. The lowest BCUT2D eigenvalue weighted by Crippen LogP contribution is -2.29. The van der Waals surface area contributed by atoms with Crippen LogP contribution in [0.3, 0.4) is 0 Å². The van der Waals surface area contributed by atoms with E-state index in [9.17, 15) is 9.90 Å². The number of aromatic nitrogens is 1. The number of hydrogen-bond acceptors (Lipinski definition) is 2. The fourth-order valence-corrected chi connectivity index (χ4v) is 2.56. The molecule has 1 aromatic heterocycles. The quantitative estimate of drug-likeness (QED) is 0.931. The smallest absolute Gasteiger partial charge is 0.257 e. The van der Waals surface area contributed by atoms with Crippen molar-refractivity contribution in [2.45, 2.75) is 38.3 Å². The number of nitrogens with zero attached hydrogens (tertiary/aromatic N) is 1. The molecule has 1 heterocycles. The van der Waals surface area contributed by atoms with Crippen LogP contribution in [0.15, 0.2) is 47.4 Å². The molecule has 1 aliphatic rings. The van der Waals surface area contributed by atoms with Gasteiger partial charge in [-0.2, -0.15) is 0 Å². The predicted octanol–water partition coefficient (Wildman–Crippen LogP) is 2.75. The van der Waals surface area contributed by atoms with Crippen molar-refractivity contribution in [2.75, 3.05) is 0 Å². The number of hydrogen-bond donors (Lipinski definition) is 1. The molecule has 2 aromatic rings. The summed E-state index contributed by atoms with van der Waals surface area (Å²) in [5.74, 6) is 0. The lowest BCUT2D eigenvalue weighted by atomic mass is 10.1. The van der Waals surface area contributed by atoms with E-state index < -0.39 is 5.60 Å². The van der Waals surface area contributed by atoms with Gasteiger partial charge in [0.05, 0.1) is 11.6 Å².